The Labute approximate surface area is 240 Å². The molecule has 0 saturated carbocycles. The van der Waals surface area contributed by atoms with Crippen molar-refractivity contribution in [3.63, 3.8) is 0 Å². The molecule has 0 bridgehead atoms. The van der Waals surface area contributed by atoms with Crippen molar-refractivity contribution in [2.45, 2.75) is 77.7 Å². The first kappa shape index (κ1) is 31.6. The minimum atomic E-state index is -1.01. The summed E-state index contributed by atoms with van der Waals surface area (Å²) in [6.45, 7) is 10.9. The van der Waals surface area contributed by atoms with Crippen molar-refractivity contribution >= 4 is 17.4 Å². The molecule has 0 aliphatic carbocycles. The number of benzene rings is 2. The zero-order valence-electron chi connectivity index (χ0n) is 24.3. The van der Waals surface area contributed by atoms with Crippen molar-refractivity contribution in [2.24, 2.45) is 0 Å². The van der Waals surface area contributed by atoms with Crippen molar-refractivity contribution in [3.8, 4) is 0 Å². The Morgan fingerprint density at radius 1 is 0.805 bits per heavy atom. The molecule has 0 amide bonds. The Kier molecular flexibility index (Phi) is 10.5. The number of ketones is 1. The first-order valence-corrected chi connectivity index (χ1v) is 13.3. The number of nitrogens with zero attached hydrogens (tertiary/aromatic N) is 3. The lowest BCUT2D eigenvalue weighted by Crippen LogP contribution is -2.46. The van der Waals surface area contributed by atoms with Gasteiger partial charge in [-0.05, 0) is 65.5 Å². The Morgan fingerprint density at radius 2 is 1.27 bits per heavy atom. The van der Waals surface area contributed by atoms with E-state index in [1.165, 1.54) is 0 Å². The highest BCUT2D eigenvalue weighted by molar-refractivity contribution is 6.38. The summed E-state index contributed by atoms with van der Waals surface area (Å²) in [5.74, 6) is -2.88. The number of rotatable bonds is 12. The summed E-state index contributed by atoms with van der Waals surface area (Å²) in [7, 11) is 0. The maximum Gasteiger partial charge on any atom is 0.317 e. The van der Waals surface area contributed by atoms with E-state index in [-0.39, 0.29) is 18.5 Å². The molecule has 0 aliphatic rings. The molecular formula is C30H39N5O6. The van der Waals surface area contributed by atoms with Gasteiger partial charge in [0, 0.05) is 0 Å². The molecule has 4 N–H and O–H groups in total. The van der Waals surface area contributed by atoms with Gasteiger partial charge in [-0.1, -0.05) is 65.9 Å². The van der Waals surface area contributed by atoms with Gasteiger partial charge in [0.1, 0.15) is 6.04 Å². The van der Waals surface area contributed by atoms with E-state index in [9.17, 15) is 19.8 Å². The van der Waals surface area contributed by atoms with Gasteiger partial charge >= 0.3 is 5.91 Å². The largest absolute Gasteiger partial charge is 0.507 e. The fourth-order valence-electron chi connectivity index (χ4n) is 3.61. The lowest BCUT2D eigenvalue weighted by molar-refractivity contribution is -0.129. The second-order valence-electron chi connectivity index (χ2n) is 11.6. The monoisotopic (exact) mass is 565 g/mol. The first-order chi connectivity index (χ1) is 19.2. The Morgan fingerprint density at radius 3 is 1.76 bits per heavy atom. The van der Waals surface area contributed by atoms with Crippen LogP contribution in [0.5, 0.6) is 0 Å². The molecule has 11 heteroatoms. The molecule has 0 aliphatic heterocycles. The molecule has 1 aromatic heterocycles. The van der Waals surface area contributed by atoms with E-state index in [0.29, 0.717) is 0 Å². The highest BCUT2D eigenvalue weighted by Gasteiger charge is 2.30. The van der Waals surface area contributed by atoms with E-state index in [1.54, 1.807) is 0 Å². The average molecular weight is 566 g/mol. The number of aromatic nitrogens is 3. The van der Waals surface area contributed by atoms with Gasteiger partial charge in [-0.15, -0.1) is 5.10 Å². The third kappa shape index (κ3) is 9.90. The van der Waals surface area contributed by atoms with Crippen molar-refractivity contribution in [1.82, 2.24) is 26.0 Å². The number of carbonyl (C=O) groups is 2. The number of hydrogen-bond donors (Lipinski definition) is 4. The van der Waals surface area contributed by atoms with Gasteiger partial charge in [0.25, 0.3) is 0 Å². The predicted molar refractivity (Wildman–Crippen MR) is 154 cm³/mol. The van der Waals surface area contributed by atoms with Crippen LogP contribution in [0.15, 0.2) is 72.6 Å². The molecule has 0 fully saturated rings. The maximum atomic E-state index is 13.2. The zero-order chi connectivity index (χ0) is 30.2. The lowest BCUT2D eigenvalue weighted by atomic mass is 10.0. The van der Waals surface area contributed by atoms with Crippen molar-refractivity contribution < 1.29 is 29.5 Å². The number of hydrogen-bond acceptors (Lipinski definition) is 10. The SMILES string of the molecule is CC(C)(C)ON[C@@H](Cc1ccccc1)C(=O)C(=O)n1cc(C(O)=C(O)[C@H](Cc2ccccc2)NOC(C)(C)C)nn1. The summed E-state index contributed by atoms with van der Waals surface area (Å²) >= 11 is 0. The number of hydroxylamine groups is 2. The van der Waals surface area contributed by atoms with Gasteiger partial charge in [-0.25, -0.2) is 0 Å². The van der Waals surface area contributed by atoms with E-state index < -0.39 is 46.5 Å². The van der Waals surface area contributed by atoms with E-state index in [2.05, 4.69) is 21.3 Å². The van der Waals surface area contributed by atoms with Gasteiger partial charge in [-0.3, -0.25) is 19.3 Å². The molecule has 0 spiro atoms. The number of aliphatic hydroxyl groups is 2. The van der Waals surface area contributed by atoms with Crippen LogP contribution in [0.3, 0.4) is 0 Å². The fraction of sp³-hybridized carbons (Fsp3) is 0.400. The molecule has 41 heavy (non-hydrogen) atoms. The second-order valence-corrected chi connectivity index (χ2v) is 11.6. The molecule has 3 rings (SSSR count). The van der Waals surface area contributed by atoms with E-state index in [0.717, 1.165) is 22.0 Å². The minimum absolute atomic E-state index is 0.190. The van der Waals surface area contributed by atoms with Crippen molar-refractivity contribution in [1.29, 1.82) is 0 Å². The predicted octanol–water partition coefficient (Wildman–Crippen LogP) is 4.13. The summed E-state index contributed by atoms with van der Waals surface area (Å²) in [5, 5.41) is 29.4. The highest BCUT2D eigenvalue weighted by Crippen LogP contribution is 2.19. The molecule has 3 aromatic rings. The van der Waals surface area contributed by atoms with E-state index >= 15 is 0 Å². The number of Topliss-reactive ketones (excluding diaryl/α,β-unsaturated/α-hetero) is 1. The van der Waals surface area contributed by atoms with Crippen LogP contribution in [-0.2, 0) is 27.3 Å². The first-order valence-electron chi connectivity index (χ1n) is 13.3. The van der Waals surface area contributed by atoms with Crippen molar-refractivity contribution in [2.75, 3.05) is 0 Å². The molecule has 2 atom stereocenters. The van der Waals surface area contributed by atoms with Crippen LogP contribution in [0.25, 0.3) is 5.76 Å². The van der Waals surface area contributed by atoms with Crippen LogP contribution in [0.1, 0.15) is 63.2 Å². The summed E-state index contributed by atoms with van der Waals surface area (Å²) in [5.41, 5.74) is 5.82. The number of carbonyl (C=O) groups excluding carboxylic acids is 2. The average Bonchev–Trinajstić information content (AvgIpc) is 3.42. The summed E-state index contributed by atoms with van der Waals surface area (Å²) in [4.78, 5) is 37.6. The van der Waals surface area contributed by atoms with Crippen LogP contribution in [-0.4, -0.2) is 60.2 Å². The fourth-order valence-corrected chi connectivity index (χ4v) is 3.61. The molecule has 0 saturated heterocycles. The van der Waals surface area contributed by atoms with Crippen LogP contribution in [0.4, 0.5) is 0 Å². The Bertz CT molecular complexity index is 1330. The summed E-state index contributed by atoms with van der Waals surface area (Å²) in [6, 6.07) is 16.7. The Hall–Kier alpha value is -3.90. The smallest absolute Gasteiger partial charge is 0.317 e. The molecule has 0 unspecified atom stereocenters. The summed E-state index contributed by atoms with van der Waals surface area (Å²) < 4.78 is 0.725. The highest BCUT2D eigenvalue weighted by atomic mass is 16.7. The van der Waals surface area contributed by atoms with Crippen molar-refractivity contribution in [3.05, 3.63) is 89.4 Å². The molecular weight excluding hydrogens is 526 g/mol. The van der Waals surface area contributed by atoms with Gasteiger partial charge in [-0.2, -0.15) is 15.6 Å². The number of aliphatic hydroxyl groups excluding tert-OH is 2. The second kappa shape index (κ2) is 13.6. The third-order valence-electron chi connectivity index (χ3n) is 5.62. The topological polar surface area (TPSA) is 148 Å². The maximum absolute atomic E-state index is 13.2. The third-order valence-corrected chi connectivity index (χ3v) is 5.62. The van der Waals surface area contributed by atoms with E-state index in [1.807, 2.05) is 102 Å². The van der Waals surface area contributed by atoms with Crippen LogP contribution in [0.2, 0.25) is 0 Å². The van der Waals surface area contributed by atoms with Gasteiger partial charge in [0.05, 0.1) is 23.4 Å². The zero-order valence-corrected chi connectivity index (χ0v) is 24.3. The summed E-state index contributed by atoms with van der Waals surface area (Å²) in [6.07, 6.45) is 1.55. The van der Waals surface area contributed by atoms with E-state index in [4.69, 9.17) is 9.68 Å². The quantitative estimate of drug-likeness (QED) is 0.143. The van der Waals surface area contributed by atoms with Crippen LogP contribution < -0.4 is 11.0 Å². The molecule has 2 aromatic carbocycles. The molecule has 220 valence electrons. The number of nitrogens with one attached hydrogen (secondary N) is 2. The van der Waals surface area contributed by atoms with Gasteiger partial charge < -0.3 is 10.2 Å². The molecule has 0 radical (unpaired) electrons. The van der Waals surface area contributed by atoms with Gasteiger partial charge in [0.15, 0.2) is 17.2 Å². The van der Waals surface area contributed by atoms with Crippen LogP contribution in [0, 0.1) is 0 Å². The molecule has 1 heterocycles. The van der Waals surface area contributed by atoms with Crippen LogP contribution >= 0.6 is 0 Å². The normalized spacial score (nSPS) is 14.3. The van der Waals surface area contributed by atoms with Gasteiger partial charge in [0.2, 0.25) is 5.78 Å². The Balaban J connectivity index is 1.83. The standard InChI is InChI=1S/C30H39N5O6/c1-29(2,3)40-32-22(17-20-13-9-7-10-14-20)25(36)26(37)24-19-35(34-31-24)28(39)27(38)23(33-41-30(4,5)6)18-21-15-11-8-12-16-21/h7-16,19,22-23,32-33,36-37H,17-18H2,1-6H3/t22-,23-/m0/s1. The minimum Gasteiger partial charge on any atom is -0.507 e. The lowest BCUT2D eigenvalue weighted by Gasteiger charge is -2.25. The molecule has 11 nitrogen and oxygen atoms in total.